The molecule has 0 spiro atoms. The van der Waals surface area contributed by atoms with E-state index in [1.807, 2.05) is 35.2 Å². The molecular weight excluding hydrogens is 578 g/mol. The molecular formula is C39H41NO4S. The third kappa shape index (κ3) is 5.80. The molecule has 2 aliphatic carbocycles. The van der Waals surface area contributed by atoms with Gasteiger partial charge in [0.25, 0.3) is 0 Å². The van der Waals surface area contributed by atoms with E-state index in [0.717, 1.165) is 12.1 Å². The molecule has 45 heavy (non-hydrogen) atoms. The molecule has 0 unspecified atom stereocenters. The first kappa shape index (κ1) is 30.7. The molecule has 232 valence electrons. The van der Waals surface area contributed by atoms with Crippen LogP contribution in [0.4, 0.5) is 11.4 Å². The van der Waals surface area contributed by atoms with Crippen LogP contribution in [0.15, 0.2) is 96.0 Å². The highest BCUT2D eigenvalue weighted by molar-refractivity contribution is 7.91. The Bertz CT molecular complexity index is 2080. The monoisotopic (exact) mass is 619 g/mol. The highest BCUT2D eigenvalue weighted by Crippen LogP contribution is 2.42. The zero-order valence-corrected chi connectivity index (χ0v) is 27.4. The van der Waals surface area contributed by atoms with Crippen molar-refractivity contribution in [2.24, 2.45) is 5.41 Å². The van der Waals surface area contributed by atoms with Gasteiger partial charge in [0.1, 0.15) is 0 Å². The number of hydrogen-bond acceptors (Lipinski definition) is 5. The summed E-state index contributed by atoms with van der Waals surface area (Å²) >= 11 is 0. The van der Waals surface area contributed by atoms with E-state index in [4.69, 9.17) is 9.47 Å². The van der Waals surface area contributed by atoms with Gasteiger partial charge in [-0.2, -0.15) is 0 Å². The van der Waals surface area contributed by atoms with Gasteiger partial charge in [-0.15, -0.1) is 0 Å². The molecule has 1 aliphatic heterocycles. The summed E-state index contributed by atoms with van der Waals surface area (Å²) in [6.07, 6.45) is 14.5. The lowest BCUT2D eigenvalue weighted by Crippen LogP contribution is -2.31. The zero-order chi connectivity index (χ0) is 31.6. The number of nitrogens with zero attached hydrogens (tertiary/aromatic N) is 1. The fraction of sp³-hybridized carbons (Fsp3) is 0.282. The molecule has 4 aromatic carbocycles. The van der Waals surface area contributed by atoms with Crippen molar-refractivity contribution in [2.45, 2.75) is 50.8 Å². The summed E-state index contributed by atoms with van der Waals surface area (Å²) in [7, 11) is -0.428. The molecule has 7 rings (SSSR count). The molecule has 6 heteroatoms. The molecule has 1 heterocycles. The van der Waals surface area contributed by atoms with E-state index in [1.54, 1.807) is 29.5 Å². The van der Waals surface area contributed by atoms with Gasteiger partial charge in [-0.3, -0.25) is 0 Å². The average Bonchev–Trinajstić information content (AvgIpc) is 3.22. The predicted molar refractivity (Wildman–Crippen MR) is 183 cm³/mol. The van der Waals surface area contributed by atoms with Gasteiger partial charge < -0.3 is 14.4 Å². The molecule has 0 amide bonds. The molecule has 0 bridgehead atoms. The van der Waals surface area contributed by atoms with Gasteiger partial charge in [0.05, 0.1) is 30.6 Å². The number of para-hydroxylation sites is 1. The van der Waals surface area contributed by atoms with Crippen LogP contribution in [0, 0.1) is 15.9 Å². The largest absolute Gasteiger partial charge is 0.493 e. The lowest BCUT2D eigenvalue weighted by molar-refractivity contribution is 0.264. The second kappa shape index (κ2) is 12.6. The van der Waals surface area contributed by atoms with Crippen LogP contribution < -0.4 is 24.8 Å². The number of hydrogen-bond donors (Lipinski definition) is 0. The van der Waals surface area contributed by atoms with Crippen molar-refractivity contribution in [1.82, 2.24) is 0 Å². The van der Waals surface area contributed by atoms with Crippen LogP contribution in [-0.2, 0) is 22.7 Å². The van der Waals surface area contributed by atoms with Crippen LogP contribution in [-0.4, -0.2) is 28.4 Å². The van der Waals surface area contributed by atoms with Crippen molar-refractivity contribution >= 4 is 33.4 Å². The summed E-state index contributed by atoms with van der Waals surface area (Å²) in [5.74, 6) is 0.821. The normalized spacial score (nSPS) is 16.6. The predicted octanol–water partition coefficient (Wildman–Crippen LogP) is 6.99. The maximum atomic E-state index is 12.6. The summed E-state index contributed by atoms with van der Waals surface area (Å²) in [6, 6.07) is 26.3. The van der Waals surface area contributed by atoms with Gasteiger partial charge in [-0.1, -0.05) is 86.7 Å². The minimum absolute atomic E-state index is 0.0567. The topological polar surface area (TPSA) is 55.8 Å². The Morgan fingerprint density at radius 3 is 2.22 bits per heavy atom. The molecule has 4 aromatic rings. The molecule has 0 fully saturated rings. The minimum Gasteiger partial charge on any atom is -0.493 e. The van der Waals surface area contributed by atoms with Gasteiger partial charge >= 0.3 is 0 Å². The number of methoxy groups -OCH3 is 2. The van der Waals surface area contributed by atoms with Crippen LogP contribution in [0.25, 0.3) is 12.2 Å². The smallest absolute Gasteiger partial charge is 0.184 e. The highest BCUT2D eigenvalue weighted by Gasteiger charge is 2.30. The fourth-order valence-corrected chi connectivity index (χ4v) is 8.12. The van der Waals surface area contributed by atoms with E-state index in [0.29, 0.717) is 22.6 Å². The van der Waals surface area contributed by atoms with E-state index in [1.165, 1.54) is 66.8 Å². The summed E-state index contributed by atoms with van der Waals surface area (Å²) in [4.78, 5) is 2.06. The average molecular weight is 620 g/mol. The van der Waals surface area contributed by atoms with Crippen LogP contribution in [0.2, 0.25) is 0 Å². The molecule has 0 saturated carbocycles. The number of rotatable bonds is 5. The Morgan fingerprint density at radius 2 is 1.49 bits per heavy atom. The molecule has 0 aromatic heterocycles. The second-order valence-electron chi connectivity index (χ2n) is 12.0. The lowest BCUT2D eigenvalue weighted by Gasteiger charge is -2.35. The number of fused-ring (bicyclic) bond motifs is 5. The SMILES string of the molecule is CCC1(CC)CC=c2ccc3c(c2C1)CC=c1ccccc1=3.COc1cc2c(cc1OC)S(=O)(=O)CC=CN2c1ccccc1. The van der Waals surface area contributed by atoms with E-state index in [9.17, 15) is 8.42 Å². The van der Waals surface area contributed by atoms with E-state index in [2.05, 4.69) is 62.4 Å². The summed E-state index contributed by atoms with van der Waals surface area (Å²) in [6.45, 7) is 4.72. The van der Waals surface area contributed by atoms with E-state index in [-0.39, 0.29) is 10.6 Å². The van der Waals surface area contributed by atoms with Crippen LogP contribution in [0.5, 0.6) is 11.5 Å². The molecule has 3 aliphatic rings. The number of sulfone groups is 1. The van der Waals surface area contributed by atoms with Gasteiger partial charge in [-0.25, -0.2) is 8.42 Å². The highest BCUT2D eigenvalue weighted by atomic mass is 32.2. The lowest BCUT2D eigenvalue weighted by atomic mass is 9.70. The van der Waals surface area contributed by atoms with E-state index < -0.39 is 9.84 Å². The van der Waals surface area contributed by atoms with Crippen LogP contribution >= 0.6 is 0 Å². The number of ether oxygens (including phenoxy) is 2. The van der Waals surface area contributed by atoms with Crippen molar-refractivity contribution < 1.29 is 17.9 Å². The first-order valence-electron chi connectivity index (χ1n) is 15.7. The first-order valence-corrected chi connectivity index (χ1v) is 17.4. The Kier molecular flexibility index (Phi) is 8.61. The standard InChI is InChI=1S/C22H24.C17H17NO4S/c1-3-22(4-2)14-13-17-10-11-19-18-8-6-5-7-16(18)9-12-20(19)21(17)15-22;1-21-15-11-14-17(12-16(15)22-2)23(19,20)10-6-9-18(14)13-7-4-3-5-8-13/h5-11,13H,3-4,12,14-15H2,1-2H3;3-9,11-12H,10H2,1-2H3. The van der Waals surface area contributed by atoms with Gasteiger partial charge in [0.2, 0.25) is 0 Å². The maximum Gasteiger partial charge on any atom is 0.184 e. The number of anilines is 2. The zero-order valence-electron chi connectivity index (χ0n) is 26.5. The fourth-order valence-electron chi connectivity index (χ4n) is 6.84. The van der Waals surface area contributed by atoms with E-state index >= 15 is 0 Å². The Balaban J connectivity index is 0.000000159. The van der Waals surface area contributed by atoms with Gasteiger partial charge in [0.15, 0.2) is 21.3 Å². The van der Waals surface area contributed by atoms with Crippen molar-refractivity contribution in [1.29, 1.82) is 0 Å². The van der Waals surface area contributed by atoms with Crippen molar-refractivity contribution in [2.75, 3.05) is 24.9 Å². The summed E-state index contributed by atoms with van der Waals surface area (Å²) < 4.78 is 35.7. The second-order valence-corrected chi connectivity index (χ2v) is 14.0. The molecule has 0 N–H and O–H groups in total. The summed E-state index contributed by atoms with van der Waals surface area (Å²) in [5.41, 5.74) is 5.10. The molecule has 0 radical (unpaired) electrons. The van der Waals surface area contributed by atoms with Crippen LogP contribution in [0.3, 0.4) is 0 Å². The van der Waals surface area contributed by atoms with Crippen molar-refractivity contribution in [3.05, 3.63) is 123 Å². The Hall–Kier alpha value is -4.29. The van der Waals surface area contributed by atoms with Crippen LogP contribution in [0.1, 0.15) is 44.2 Å². The van der Waals surface area contributed by atoms with Gasteiger partial charge in [0, 0.05) is 24.0 Å². The Labute approximate surface area is 266 Å². The van der Waals surface area contributed by atoms with Crippen molar-refractivity contribution in [3.63, 3.8) is 0 Å². The molecule has 5 nitrogen and oxygen atoms in total. The van der Waals surface area contributed by atoms with Gasteiger partial charge in [-0.05, 0) is 81.7 Å². The quantitative estimate of drug-likeness (QED) is 0.241. The molecule has 0 atom stereocenters. The number of benzene rings is 4. The first-order chi connectivity index (χ1) is 21.8. The molecule has 0 saturated heterocycles. The third-order valence-electron chi connectivity index (χ3n) is 9.72. The minimum atomic E-state index is -3.44. The maximum absolute atomic E-state index is 12.6. The third-order valence-corrected chi connectivity index (χ3v) is 11.3. The summed E-state index contributed by atoms with van der Waals surface area (Å²) in [5, 5.41) is 5.76. The Morgan fingerprint density at radius 1 is 0.778 bits per heavy atom. The van der Waals surface area contributed by atoms with Crippen molar-refractivity contribution in [3.8, 4) is 11.5 Å².